The zero-order valence-electron chi connectivity index (χ0n) is 8.56. The van der Waals surface area contributed by atoms with E-state index in [0.29, 0.717) is 5.82 Å². The first-order valence-corrected chi connectivity index (χ1v) is 6.20. The van der Waals surface area contributed by atoms with Crippen molar-refractivity contribution in [1.29, 1.82) is 0 Å². The number of hydrogen-bond donors (Lipinski definition) is 1. The van der Waals surface area contributed by atoms with E-state index >= 15 is 0 Å². The van der Waals surface area contributed by atoms with Gasteiger partial charge in [0.15, 0.2) is 0 Å². The molecule has 0 bridgehead atoms. The molecule has 82 valence electrons. The van der Waals surface area contributed by atoms with Gasteiger partial charge in [-0.25, -0.2) is 4.98 Å². The standard InChI is InChI=1S/C12H11ClN2S/c13-9-4-6-11(7-5-9)16-8-10-2-1-3-12(14)15-10/h1-7H,8H2,(H2,14,15). The second-order valence-electron chi connectivity index (χ2n) is 3.30. The Hall–Kier alpha value is -1.19. The number of rotatable bonds is 3. The van der Waals surface area contributed by atoms with Crippen LogP contribution in [0.2, 0.25) is 5.02 Å². The van der Waals surface area contributed by atoms with Crippen LogP contribution in [-0.4, -0.2) is 4.98 Å². The van der Waals surface area contributed by atoms with Crippen molar-refractivity contribution in [2.24, 2.45) is 0 Å². The van der Waals surface area contributed by atoms with Gasteiger partial charge in [0.05, 0.1) is 5.69 Å². The summed E-state index contributed by atoms with van der Waals surface area (Å²) in [6, 6.07) is 13.4. The molecule has 0 fully saturated rings. The molecule has 0 unspecified atom stereocenters. The van der Waals surface area contributed by atoms with Crippen LogP contribution in [-0.2, 0) is 5.75 Å². The van der Waals surface area contributed by atoms with E-state index in [0.717, 1.165) is 16.5 Å². The third kappa shape index (κ3) is 3.15. The SMILES string of the molecule is Nc1cccc(CSc2ccc(Cl)cc2)n1. The van der Waals surface area contributed by atoms with Crippen molar-refractivity contribution in [2.75, 3.05) is 5.73 Å². The second-order valence-corrected chi connectivity index (χ2v) is 4.78. The van der Waals surface area contributed by atoms with Gasteiger partial charge in [0.25, 0.3) is 0 Å². The highest BCUT2D eigenvalue weighted by Crippen LogP contribution is 2.23. The molecule has 0 aliphatic heterocycles. The third-order valence-corrected chi connectivity index (χ3v) is 3.33. The molecule has 4 heteroatoms. The zero-order chi connectivity index (χ0) is 11.4. The van der Waals surface area contributed by atoms with Crippen LogP contribution in [0.4, 0.5) is 5.82 Å². The molecule has 1 aromatic heterocycles. The molecule has 16 heavy (non-hydrogen) atoms. The van der Waals surface area contributed by atoms with Gasteiger partial charge in [0.1, 0.15) is 5.82 Å². The number of hydrogen-bond acceptors (Lipinski definition) is 3. The fourth-order valence-electron chi connectivity index (χ4n) is 1.27. The van der Waals surface area contributed by atoms with E-state index in [9.17, 15) is 0 Å². The Morgan fingerprint density at radius 1 is 1.12 bits per heavy atom. The normalized spacial score (nSPS) is 10.3. The van der Waals surface area contributed by atoms with Crippen molar-refractivity contribution >= 4 is 29.2 Å². The van der Waals surface area contributed by atoms with Gasteiger partial charge in [0.2, 0.25) is 0 Å². The molecule has 0 aliphatic rings. The summed E-state index contributed by atoms with van der Waals surface area (Å²) in [6.07, 6.45) is 0. The number of nitrogens with two attached hydrogens (primary N) is 1. The molecule has 0 amide bonds. The van der Waals surface area contributed by atoms with E-state index in [1.54, 1.807) is 17.8 Å². The maximum absolute atomic E-state index is 5.81. The molecule has 1 heterocycles. The predicted octanol–water partition coefficient (Wildman–Crippen LogP) is 3.61. The molecule has 2 N–H and O–H groups in total. The summed E-state index contributed by atoms with van der Waals surface area (Å²) in [4.78, 5) is 5.41. The molecule has 0 saturated heterocycles. The summed E-state index contributed by atoms with van der Waals surface area (Å²) in [5.41, 5.74) is 6.60. The Morgan fingerprint density at radius 3 is 2.56 bits per heavy atom. The van der Waals surface area contributed by atoms with Crippen molar-refractivity contribution in [3.05, 3.63) is 53.2 Å². The van der Waals surface area contributed by atoms with Crippen LogP contribution >= 0.6 is 23.4 Å². The van der Waals surface area contributed by atoms with Gasteiger partial charge in [0, 0.05) is 15.7 Å². The van der Waals surface area contributed by atoms with Gasteiger partial charge in [-0.05, 0) is 36.4 Å². The molecule has 2 nitrogen and oxygen atoms in total. The van der Waals surface area contributed by atoms with Crippen LogP contribution in [0.15, 0.2) is 47.4 Å². The zero-order valence-corrected chi connectivity index (χ0v) is 10.1. The minimum absolute atomic E-state index is 0.564. The molecule has 0 aliphatic carbocycles. The van der Waals surface area contributed by atoms with Gasteiger partial charge in [-0.2, -0.15) is 0 Å². The maximum Gasteiger partial charge on any atom is 0.123 e. The minimum atomic E-state index is 0.564. The lowest BCUT2D eigenvalue weighted by Gasteiger charge is -2.02. The maximum atomic E-state index is 5.81. The van der Waals surface area contributed by atoms with E-state index in [4.69, 9.17) is 17.3 Å². The lowest BCUT2D eigenvalue weighted by molar-refractivity contribution is 1.18. The van der Waals surface area contributed by atoms with E-state index in [-0.39, 0.29) is 0 Å². The number of pyridine rings is 1. The number of nitrogens with zero attached hydrogens (tertiary/aromatic N) is 1. The summed E-state index contributed by atoms with van der Waals surface area (Å²) in [5.74, 6) is 1.38. The predicted molar refractivity (Wildman–Crippen MR) is 69.7 cm³/mol. The summed E-state index contributed by atoms with van der Waals surface area (Å²) >= 11 is 7.53. The Balaban J connectivity index is 1.99. The van der Waals surface area contributed by atoms with Crippen LogP contribution in [0, 0.1) is 0 Å². The van der Waals surface area contributed by atoms with Gasteiger partial charge in [-0.3, -0.25) is 0 Å². The molecule has 2 rings (SSSR count). The highest BCUT2D eigenvalue weighted by Gasteiger charge is 1.98. The van der Waals surface area contributed by atoms with Crippen LogP contribution in [0.1, 0.15) is 5.69 Å². The Labute approximate surface area is 104 Å². The van der Waals surface area contributed by atoms with Gasteiger partial charge >= 0.3 is 0 Å². The fourth-order valence-corrected chi connectivity index (χ4v) is 2.20. The Morgan fingerprint density at radius 2 is 1.88 bits per heavy atom. The average Bonchev–Trinajstić information content (AvgIpc) is 2.28. The monoisotopic (exact) mass is 250 g/mol. The van der Waals surface area contributed by atoms with Crippen molar-refractivity contribution in [3.63, 3.8) is 0 Å². The largest absolute Gasteiger partial charge is 0.384 e. The first kappa shape index (κ1) is 11.3. The van der Waals surface area contributed by atoms with Crippen LogP contribution in [0.25, 0.3) is 0 Å². The lowest BCUT2D eigenvalue weighted by atomic mass is 10.4. The van der Waals surface area contributed by atoms with Gasteiger partial charge < -0.3 is 5.73 Å². The molecular weight excluding hydrogens is 240 g/mol. The number of benzene rings is 1. The molecular formula is C12H11ClN2S. The van der Waals surface area contributed by atoms with E-state index in [1.807, 2.05) is 36.4 Å². The summed E-state index contributed by atoms with van der Waals surface area (Å²) < 4.78 is 0. The molecule has 2 aromatic rings. The molecule has 1 aromatic carbocycles. The van der Waals surface area contributed by atoms with Gasteiger partial charge in [-0.15, -0.1) is 11.8 Å². The lowest BCUT2D eigenvalue weighted by Crippen LogP contribution is -1.93. The summed E-state index contributed by atoms with van der Waals surface area (Å²) in [7, 11) is 0. The van der Waals surface area contributed by atoms with E-state index < -0.39 is 0 Å². The number of halogens is 1. The van der Waals surface area contributed by atoms with Crippen LogP contribution in [0.3, 0.4) is 0 Å². The smallest absolute Gasteiger partial charge is 0.123 e. The summed E-state index contributed by atoms with van der Waals surface area (Å²) in [6.45, 7) is 0. The Bertz CT molecular complexity index is 471. The first-order valence-electron chi connectivity index (χ1n) is 4.84. The Kier molecular flexibility index (Phi) is 3.70. The minimum Gasteiger partial charge on any atom is -0.384 e. The van der Waals surface area contributed by atoms with Gasteiger partial charge in [-0.1, -0.05) is 17.7 Å². The average molecular weight is 251 g/mol. The highest BCUT2D eigenvalue weighted by atomic mass is 35.5. The second kappa shape index (κ2) is 5.23. The molecule has 0 radical (unpaired) electrons. The topological polar surface area (TPSA) is 38.9 Å². The highest BCUT2D eigenvalue weighted by molar-refractivity contribution is 7.98. The van der Waals surface area contributed by atoms with Crippen LogP contribution < -0.4 is 5.73 Å². The first-order chi connectivity index (χ1) is 7.74. The molecule has 0 atom stereocenters. The number of nitrogen functional groups attached to an aromatic ring is 1. The third-order valence-electron chi connectivity index (χ3n) is 2.03. The van der Waals surface area contributed by atoms with E-state index in [1.165, 1.54) is 4.90 Å². The number of thioether (sulfide) groups is 1. The van der Waals surface area contributed by atoms with Crippen molar-refractivity contribution in [1.82, 2.24) is 4.98 Å². The number of aromatic nitrogens is 1. The molecule has 0 spiro atoms. The van der Waals surface area contributed by atoms with Crippen molar-refractivity contribution < 1.29 is 0 Å². The fraction of sp³-hybridized carbons (Fsp3) is 0.0833. The van der Waals surface area contributed by atoms with Crippen LogP contribution in [0.5, 0.6) is 0 Å². The van der Waals surface area contributed by atoms with E-state index in [2.05, 4.69) is 4.98 Å². The van der Waals surface area contributed by atoms with Crippen molar-refractivity contribution in [2.45, 2.75) is 10.6 Å². The number of anilines is 1. The van der Waals surface area contributed by atoms with Crippen molar-refractivity contribution in [3.8, 4) is 0 Å². The summed E-state index contributed by atoms with van der Waals surface area (Å²) in [5, 5.41) is 0.756. The molecule has 0 saturated carbocycles. The quantitative estimate of drug-likeness (QED) is 0.846.